The van der Waals surface area contributed by atoms with Gasteiger partial charge in [-0.1, -0.05) is 19.8 Å². The Kier molecular flexibility index (Phi) is 7.54. The molecule has 0 radical (unpaired) electrons. The molecular weight excluding hydrogens is 206 g/mol. The van der Waals surface area contributed by atoms with Gasteiger partial charge >= 0.3 is 0 Å². The van der Waals surface area contributed by atoms with Crippen molar-refractivity contribution >= 4 is 11.8 Å². The SMILES string of the molecule is CCCC[C@H](N)C(=O)NCCC(=O)N(C)C. The molecule has 0 spiro atoms. The lowest BCUT2D eigenvalue weighted by Crippen LogP contribution is -2.41. The zero-order valence-electron chi connectivity index (χ0n) is 10.5. The van der Waals surface area contributed by atoms with E-state index in [2.05, 4.69) is 12.2 Å². The molecule has 2 amide bonds. The molecule has 5 heteroatoms. The van der Waals surface area contributed by atoms with Gasteiger partial charge in [-0.15, -0.1) is 0 Å². The topological polar surface area (TPSA) is 75.4 Å². The van der Waals surface area contributed by atoms with Gasteiger partial charge in [0.15, 0.2) is 0 Å². The third kappa shape index (κ3) is 6.40. The second-order valence-corrected chi connectivity index (χ2v) is 4.08. The van der Waals surface area contributed by atoms with Gasteiger partial charge in [-0.05, 0) is 6.42 Å². The fourth-order valence-electron chi connectivity index (χ4n) is 1.20. The highest BCUT2D eigenvalue weighted by molar-refractivity contribution is 5.82. The molecule has 3 N–H and O–H groups in total. The van der Waals surface area contributed by atoms with Gasteiger partial charge in [0.05, 0.1) is 6.04 Å². The van der Waals surface area contributed by atoms with Gasteiger partial charge in [0, 0.05) is 27.1 Å². The molecule has 94 valence electrons. The summed E-state index contributed by atoms with van der Waals surface area (Å²) in [5, 5.41) is 2.67. The second-order valence-electron chi connectivity index (χ2n) is 4.08. The van der Waals surface area contributed by atoms with Crippen molar-refractivity contribution in [3.05, 3.63) is 0 Å². The number of rotatable bonds is 7. The van der Waals surface area contributed by atoms with Crippen LogP contribution < -0.4 is 11.1 Å². The van der Waals surface area contributed by atoms with Crippen LogP contribution in [0.5, 0.6) is 0 Å². The van der Waals surface area contributed by atoms with Crippen LogP contribution in [0, 0.1) is 0 Å². The zero-order chi connectivity index (χ0) is 12.6. The molecule has 0 unspecified atom stereocenters. The molecule has 5 nitrogen and oxygen atoms in total. The summed E-state index contributed by atoms with van der Waals surface area (Å²) in [6, 6.07) is -0.450. The van der Waals surface area contributed by atoms with Gasteiger partial charge < -0.3 is 16.0 Å². The number of nitrogens with one attached hydrogen (secondary N) is 1. The lowest BCUT2D eigenvalue weighted by atomic mass is 10.1. The number of carbonyl (C=O) groups is 2. The van der Waals surface area contributed by atoms with E-state index in [1.54, 1.807) is 14.1 Å². The maximum atomic E-state index is 11.4. The number of amides is 2. The van der Waals surface area contributed by atoms with E-state index >= 15 is 0 Å². The lowest BCUT2D eigenvalue weighted by Gasteiger charge is -2.13. The van der Waals surface area contributed by atoms with Crippen LogP contribution in [0.3, 0.4) is 0 Å². The molecule has 0 fully saturated rings. The third-order valence-corrected chi connectivity index (χ3v) is 2.34. The van der Waals surface area contributed by atoms with E-state index in [0.717, 1.165) is 12.8 Å². The van der Waals surface area contributed by atoms with E-state index in [1.807, 2.05) is 0 Å². The first-order chi connectivity index (χ1) is 7.49. The number of nitrogens with zero attached hydrogens (tertiary/aromatic N) is 1. The third-order valence-electron chi connectivity index (χ3n) is 2.34. The highest BCUT2D eigenvalue weighted by Crippen LogP contribution is 1.98. The van der Waals surface area contributed by atoms with Gasteiger partial charge in [-0.2, -0.15) is 0 Å². The number of unbranched alkanes of at least 4 members (excludes halogenated alkanes) is 1. The average molecular weight is 229 g/mol. The predicted octanol–water partition coefficient (Wildman–Crippen LogP) is 0.0984. The van der Waals surface area contributed by atoms with E-state index in [1.165, 1.54) is 4.90 Å². The Bertz CT molecular complexity index is 229. The number of nitrogens with two attached hydrogens (primary N) is 1. The summed E-state index contributed by atoms with van der Waals surface area (Å²) in [6.07, 6.45) is 2.99. The van der Waals surface area contributed by atoms with E-state index in [0.29, 0.717) is 19.4 Å². The fraction of sp³-hybridized carbons (Fsp3) is 0.818. The van der Waals surface area contributed by atoms with Gasteiger partial charge in [0.25, 0.3) is 0 Å². The highest BCUT2D eigenvalue weighted by atomic mass is 16.2. The minimum Gasteiger partial charge on any atom is -0.354 e. The monoisotopic (exact) mass is 229 g/mol. The quantitative estimate of drug-likeness (QED) is 0.650. The van der Waals surface area contributed by atoms with Crippen LogP contribution in [-0.2, 0) is 9.59 Å². The summed E-state index contributed by atoms with van der Waals surface area (Å²) in [5.41, 5.74) is 5.67. The first-order valence-electron chi connectivity index (χ1n) is 5.72. The van der Waals surface area contributed by atoms with Crippen LogP contribution in [0.4, 0.5) is 0 Å². The van der Waals surface area contributed by atoms with Crippen LogP contribution in [0.2, 0.25) is 0 Å². The molecule has 1 atom stereocenters. The molecular formula is C11H23N3O2. The Balaban J connectivity index is 3.68. The minimum absolute atomic E-state index is 0.00225. The Hall–Kier alpha value is -1.10. The van der Waals surface area contributed by atoms with Gasteiger partial charge in [-0.25, -0.2) is 0 Å². The first-order valence-corrected chi connectivity index (χ1v) is 5.72. The van der Waals surface area contributed by atoms with E-state index in [-0.39, 0.29) is 11.8 Å². The summed E-state index contributed by atoms with van der Waals surface area (Å²) in [7, 11) is 3.38. The molecule has 0 aliphatic heterocycles. The smallest absolute Gasteiger partial charge is 0.236 e. The predicted molar refractivity (Wildman–Crippen MR) is 63.8 cm³/mol. The second kappa shape index (κ2) is 8.10. The number of carbonyl (C=O) groups excluding carboxylic acids is 2. The number of hydrogen-bond acceptors (Lipinski definition) is 3. The van der Waals surface area contributed by atoms with Crippen LogP contribution in [0.25, 0.3) is 0 Å². The molecule has 0 aromatic heterocycles. The standard InChI is InChI=1S/C11H23N3O2/c1-4-5-6-9(12)11(16)13-8-7-10(15)14(2)3/h9H,4-8,12H2,1-3H3,(H,13,16)/t9-/m0/s1. The van der Waals surface area contributed by atoms with Crippen LogP contribution in [0.1, 0.15) is 32.6 Å². The van der Waals surface area contributed by atoms with Crippen molar-refractivity contribution in [1.29, 1.82) is 0 Å². The maximum absolute atomic E-state index is 11.4. The van der Waals surface area contributed by atoms with E-state index < -0.39 is 6.04 Å². The summed E-state index contributed by atoms with van der Waals surface area (Å²) in [6.45, 7) is 2.41. The molecule has 0 bridgehead atoms. The molecule has 0 aromatic carbocycles. The van der Waals surface area contributed by atoms with Crippen molar-refractivity contribution in [2.75, 3.05) is 20.6 Å². The Morgan fingerprint density at radius 2 is 2.00 bits per heavy atom. The normalized spacial score (nSPS) is 12.0. The van der Waals surface area contributed by atoms with Crippen molar-refractivity contribution in [3.63, 3.8) is 0 Å². The summed E-state index contributed by atoms with van der Waals surface area (Å²) >= 11 is 0. The van der Waals surface area contributed by atoms with Gasteiger partial charge in [-0.3, -0.25) is 9.59 Å². The van der Waals surface area contributed by atoms with Crippen molar-refractivity contribution in [2.45, 2.75) is 38.6 Å². The molecule has 0 aliphatic carbocycles. The Morgan fingerprint density at radius 1 is 1.38 bits per heavy atom. The molecule has 0 saturated carbocycles. The van der Waals surface area contributed by atoms with Crippen molar-refractivity contribution in [2.24, 2.45) is 5.73 Å². The largest absolute Gasteiger partial charge is 0.354 e. The van der Waals surface area contributed by atoms with Gasteiger partial charge in [0.2, 0.25) is 11.8 Å². The fourth-order valence-corrected chi connectivity index (χ4v) is 1.20. The van der Waals surface area contributed by atoms with Crippen molar-refractivity contribution in [3.8, 4) is 0 Å². The molecule has 0 heterocycles. The van der Waals surface area contributed by atoms with Crippen molar-refractivity contribution in [1.82, 2.24) is 10.2 Å². The van der Waals surface area contributed by atoms with E-state index in [9.17, 15) is 9.59 Å². The highest BCUT2D eigenvalue weighted by Gasteiger charge is 2.12. The minimum atomic E-state index is -0.450. The van der Waals surface area contributed by atoms with E-state index in [4.69, 9.17) is 5.73 Å². The molecule has 0 aromatic rings. The summed E-state index contributed by atoms with van der Waals surface area (Å²) < 4.78 is 0. The molecule has 0 saturated heterocycles. The molecule has 16 heavy (non-hydrogen) atoms. The maximum Gasteiger partial charge on any atom is 0.236 e. The Morgan fingerprint density at radius 3 is 2.50 bits per heavy atom. The van der Waals surface area contributed by atoms with Crippen LogP contribution >= 0.6 is 0 Å². The van der Waals surface area contributed by atoms with Crippen molar-refractivity contribution < 1.29 is 9.59 Å². The molecule has 0 aliphatic rings. The van der Waals surface area contributed by atoms with Gasteiger partial charge in [0.1, 0.15) is 0 Å². The van der Waals surface area contributed by atoms with Crippen LogP contribution in [-0.4, -0.2) is 43.4 Å². The average Bonchev–Trinajstić information content (AvgIpc) is 2.25. The first kappa shape index (κ1) is 14.9. The Labute approximate surface area is 97.4 Å². The lowest BCUT2D eigenvalue weighted by molar-refractivity contribution is -0.128. The summed E-state index contributed by atoms with van der Waals surface area (Å²) in [5.74, 6) is -0.164. The van der Waals surface area contributed by atoms with Crippen LogP contribution in [0.15, 0.2) is 0 Å². The molecule has 0 rings (SSSR count). The number of hydrogen-bond donors (Lipinski definition) is 2. The zero-order valence-corrected chi connectivity index (χ0v) is 10.5. The summed E-state index contributed by atoms with van der Waals surface area (Å²) in [4.78, 5) is 24.2.